The fraction of sp³-hybridized carbons (Fsp3) is 0.588. The van der Waals surface area contributed by atoms with Gasteiger partial charge in [-0.3, -0.25) is 4.79 Å². The van der Waals surface area contributed by atoms with Crippen LogP contribution in [-0.2, 0) is 16.1 Å². The lowest BCUT2D eigenvalue weighted by molar-refractivity contribution is -0.252. The van der Waals surface area contributed by atoms with E-state index in [1.54, 1.807) is 0 Å². The minimum absolute atomic E-state index is 0.173. The summed E-state index contributed by atoms with van der Waals surface area (Å²) in [6.45, 7) is 8.10. The summed E-state index contributed by atoms with van der Waals surface area (Å²) < 4.78 is 5.45. The number of ether oxygens (including phenoxy) is 1. The summed E-state index contributed by atoms with van der Waals surface area (Å²) in [5.41, 5.74) is 0.125. The van der Waals surface area contributed by atoms with Crippen molar-refractivity contribution in [1.82, 2.24) is 5.06 Å². The smallest absolute Gasteiger partial charge is 0.309 e. The van der Waals surface area contributed by atoms with Crippen LogP contribution in [0.4, 0.5) is 0 Å². The van der Waals surface area contributed by atoms with Crippen LogP contribution in [0.2, 0.25) is 0 Å². The van der Waals surface area contributed by atoms with Crippen molar-refractivity contribution in [3.05, 3.63) is 35.9 Å². The topological polar surface area (TPSA) is 49.8 Å². The van der Waals surface area contributed by atoms with Gasteiger partial charge in [0.05, 0.1) is 5.92 Å². The Kier molecular flexibility index (Phi) is 4.40. The molecule has 0 spiro atoms. The van der Waals surface area contributed by atoms with E-state index in [1.807, 2.05) is 58.0 Å². The first-order valence-corrected chi connectivity index (χ1v) is 7.42. The van der Waals surface area contributed by atoms with Crippen molar-refractivity contribution < 1.29 is 14.7 Å². The standard InChI is InChI=1S/C17H25NO3/c1-16(2)10-14(11-17(3,4)18(16)20)15(19)21-12-13-8-6-5-7-9-13/h5-9,14,20H,10-12H2,1-4H3. The highest BCUT2D eigenvalue weighted by Gasteiger charge is 2.47. The molecule has 0 amide bonds. The Morgan fingerprint density at radius 2 is 1.71 bits per heavy atom. The molecule has 0 aromatic heterocycles. The molecule has 116 valence electrons. The third-order valence-electron chi connectivity index (χ3n) is 4.20. The lowest BCUT2D eigenvalue weighted by atomic mass is 9.75. The van der Waals surface area contributed by atoms with Gasteiger partial charge in [0.15, 0.2) is 0 Å². The van der Waals surface area contributed by atoms with Gasteiger partial charge in [-0.2, -0.15) is 5.06 Å². The van der Waals surface area contributed by atoms with E-state index in [2.05, 4.69) is 0 Å². The van der Waals surface area contributed by atoms with Crippen LogP contribution < -0.4 is 0 Å². The van der Waals surface area contributed by atoms with Crippen LogP contribution in [-0.4, -0.2) is 27.3 Å². The van der Waals surface area contributed by atoms with Crippen LogP contribution >= 0.6 is 0 Å². The average molecular weight is 291 g/mol. The van der Waals surface area contributed by atoms with Crippen molar-refractivity contribution in [1.29, 1.82) is 0 Å². The van der Waals surface area contributed by atoms with Crippen LogP contribution in [0.1, 0.15) is 46.1 Å². The number of benzene rings is 1. The van der Waals surface area contributed by atoms with E-state index in [1.165, 1.54) is 5.06 Å². The highest BCUT2D eigenvalue weighted by molar-refractivity contribution is 5.73. The Labute approximate surface area is 126 Å². The van der Waals surface area contributed by atoms with Crippen molar-refractivity contribution in [3.63, 3.8) is 0 Å². The lowest BCUT2D eigenvalue weighted by Crippen LogP contribution is -2.60. The molecule has 2 rings (SSSR count). The molecule has 4 nitrogen and oxygen atoms in total. The molecule has 0 radical (unpaired) electrons. The summed E-state index contributed by atoms with van der Waals surface area (Å²) in [5.74, 6) is -0.352. The first-order chi connectivity index (χ1) is 9.72. The van der Waals surface area contributed by atoms with E-state index in [4.69, 9.17) is 4.74 Å². The molecule has 1 aromatic rings. The molecule has 1 fully saturated rings. The Balaban J connectivity index is 1.99. The number of hydrogen-bond acceptors (Lipinski definition) is 4. The summed E-state index contributed by atoms with van der Waals surface area (Å²) in [4.78, 5) is 12.3. The first-order valence-electron chi connectivity index (χ1n) is 7.42. The van der Waals surface area contributed by atoms with Gasteiger partial charge < -0.3 is 9.94 Å². The number of carbonyl (C=O) groups excluding carboxylic acids is 1. The quantitative estimate of drug-likeness (QED) is 0.867. The average Bonchev–Trinajstić information content (AvgIpc) is 2.42. The predicted octanol–water partition coefficient (Wildman–Crippen LogP) is 3.39. The van der Waals surface area contributed by atoms with Gasteiger partial charge in [-0.25, -0.2) is 0 Å². The molecule has 21 heavy (non-hydrogen) atoms. The summed E-state index contributed by atoms with van der Waals surface area (Å²) >= 11 is 0. The molecule has 0 atom stereocenters. The molecule has 1 aliphatic rings. The molecule has 1 heterocycles. The zero-order valence-electron chi connectivity index (χ0n) is 13.3. The number of esters is 1. The predicted molar refractivity (Wildman–Crippen MR) is 80.7 cm³/mol. The number of nitrogens with zero attached hydrogens (tertiary/aromatic N) is 1. The second-order valence-electron chi connectivity index (χ2n) is 7.14. The van der Waals surface area contributed by atoms with Gasteiger partial charge in [0.25, 0.3) is 0 Å². The maximum atomic E-state index is 12.3. The molecule has 0 bridgehead atoms. The first kappa shape index (κ1) is 16.0. The van der Waals surface area contributed by atoms with E-state index in [9.17, 15) is 10.0 Å². The molecule has 0 aliphatic carbocycles. The van der Waals surface area contributed by atoms with E-state index in [0.29, 0.717) is 19.4 Å². The van der Waals surface area contributed by atoms with Gasteiger partial charge in [-0.1, -0.05) is 30.3 Å². The summed E-state index contributed by atoms with van der Waals surface area (Å²) in [5, 5.41) is 11.6. The molecular formula is C17H25NO3. The monoisotopic (exact) mass is 291 g/mol. The second kappa shape index (κ2) is 5.78. The number of rotatable bonds is 3. The van der Waals surface area contributed by atoms with Crippen LogP contribution in [0, 0.1) is 5.92 Å². The fourth-order valence-corrected chi connectivity index (χ4v) is 3.28. The summed E-state index contributed by atoms with van der Waals surface area (Å²) in [7, 11) is 0. The van der Waals surface area contributed by atoms with Crippen molar-refractivity contribution >= 4 is 5.97 Å². The Hall–Kier alpha value is -1.39. The largest absolute Gasteiger partial charge is 0.461 e. The van der Waals surface area contributed by atoms with Gasteiger partial charge in [0.1, 0.15) is 6.61 Å². The molecule has 4 heteroatoms. The molecule has 0 unspecified atom stereocenters. The number of carbonyl (C=O) groups is 1. The highest BCUT2D eigenvalue weighted by atomic mass is 16.5. The lowest BCUT2D eigenvalue weighted by Gasteiger charge is -2.50. The molecule has 1 aliphatic heterocycles. The third kappa shape index (κ3) is 3.63. The Bertz CT molecular complexity index is 478. The van der Waals surface area contributed by atoms with E-state index >= 15 is 0 Å². The molecule has 1 saturated heterocycles. The van der Waals surface area contributed by atoms with Crippen molar-refractivity contribution in [2.75, 3.05) is 0 Å². The maximum Gasteiger partial charge on any atom is 0.309 e. The van der Waals surface area contributed by atoms with Crippen LogP contribution in [0.5, 0.6) is 0 Å². The molecule has 1 N–H and O–H groups in total. The van der Waals surface area contributed by atoms with E-state index in [0.717, 1.165) is 5.56 Å². The third-order valence-corrected chi connectivity index (χ3v) is 4.20. The molecular weight excluding hydrogens is 266 g/mol. The van der Waals surface area contributed by atoms with Crippen LogP contribution in [0.15, 0.2) is 30.3 Å². The fourth-order valence-electron chi connectivity index (χ4n) is 3.28. The normalized spacial score (nSPS) is 22.0. The van der Waals surface area contributed by atoms with E-state index in [-0.39, 0.29) is 11.9 Å². The van der Waals surface area contributed by atoms with Gasteiger partial charge >= 0.3 is 5.97 Å². The zero-order chi connectivity index (χ0) is 15.7. The van der Waals surface area contributed by atoms with Gasteiger partial charge in [0, 0.05) is 11.1 Å². The SMILES string of the molecule is CC1(C)CC(C(=O)OCc2ccccc2)CC(C)(C)N1O. The van der Waals surface area contributed by atoms with Crippen LogP contribution in [0.25, 0.3) is 0 Å². The zero-order valence-corrected chi connectivity index (χ0v) is 13.3. The minimum Gasteiger partial charge on any atom is -0.461 e. The van der Waals surface area contributed by atoms with E-state index < -0.39 is 11.1 Å². The van der Waals surface area contributed by atoms with Crippen molar-refractivity contribution in [2.45, 2.75) is 58.2 Å². The number of piperidine rings is 1. The van der Waals surface area contributed by atoms with Crippen molar-refractivity contribution in [2.24, 2.45) is 5.92 Å². The maximum absolute atomic E-state index is 12.3. The van der Waals surface area contributed by atoms with Gasteiger partial charge in [0.2, 0.25) is 0 Å². The Morgan fingerprint density at radius 3 is 2.24 bits per heavy atom. The summed E-state index contributed by atoms with van der Waals surface area (Å²) in [6, 6.07) is 9.68. The minimum atomic E-state index is -0.432. The number of hydroxylamine groups is 2. The molecule has 0 saturated carbocycles. The van der Waals surface area contributed by atoms with Gasteiger partial charge in [-0.15, -0.1) is 0 Å². The highest BCUT2D eigenvalue weighted by Crippen LogP contribution is 2.40. The van der Waals surface area contributed by atoms with Crippen molar-refractivity contribution in [3.8, 4) is 0 Å². The molecule has 1 aromatic carbocycles. The summed E-state index contributed by atoms with van der Waals surface area (Å²) in [6.07, 6.45) is 1.20. The Morgan fingerprint density at radius 1 is 1.19 bits per heavy atom. The number of hydrogen-bond donors (Lipinski definition) is 1. The van der Waals surface area contributed by atoms with Crippen LogP contribution in [0.3, 0.4) is 0 Å². The second-order valence-corrected chi connectivity index (χ2v) is 7.14. The van der Waals surface area contributed by atoms with Gasteiger partial charge in [-0.05, 0) is 46.1 Å².